The Kier molecular flexibility index (Phi) is 5.64. The quantitative estimate of drug-likeness (QED) is 0.487. The first-order chi connectivity index (χ1) is 13.5. The summed E-state index contributed by atoms with van der Waals surface area (Å²) in [5, 5.41) is 12.6. The lowest BCUT2D eigenvalue weighted by atomic mass is 10.0. The number of carbonyl (C=O) groups is 3. The number of hydrogen-bond donors (Lipinski definition) is 2. The maximum Gasteiger partial charge on any atom is 0.326 e. The van der Waals surface area contributed by atoms with Crippen LogP contribution in [0, 0.1) is 5.82 Å². The fourth-order valence-corrected chi connectivity index (χ4v) is 2.94. The highest BCUT2D eigenvalue weighted by molar-refractivity contribution is 5.95. The molecule has 1 heterocycles. The van der Waals surface area contributed by atoms with Crippen LogP contribution in [0.15, 0.2) is 60.8 Å². The third-order valence-electron chi connectivity index (χ3n) is 4.29. The van der Waals surface area contributed by atoms with Crippen molar-refractivity contribution in [1.29, 1.82) is 0 Å². The van der Waals surface area contributed by atoms with Crippen LogP contribution in [0.1, 0.15) is 11.1 Å². The summed E-state index contributed by atoms with van der Waals surface area (Å²) < 4.78 is 15.0. The van der Waals surface area contributed by atoms with Crippen LogP contribution in [0.5, 0.6) is 0 Å². The number of nitrogens with one attached hydrogen (secondary N) is 1. The van der Waals surface area contributed by atoms with Gasteiger partial charge in [-0.05, 0) is 23.8 Å². The van der Waals surface area contributed by atoms with Gasteiger partial charge in [0.1, 0.15) is 11.9 Å². The summed E-state index contributed by atoms with van der Waals surface area (Å²) >= 11 is 0. The zero-order valence-electron chi connectivity index (χ0n) is 14.7. The Labute approximate surface area is 159 Å². The highest BCUT2D eigenvalue weighted by atomic mass is 19.1. The maximum atomic E-state index is 13.6. The predicted octanol–water partition coefficient (Wildman–Crippen LogP) is 2.64. The number of carboxylic acid groups (broad SMARTS) is 1. The van der Waals surface area contributed by atoms with Gasteiger partial charge < -0.3 is 10.4 Å². The summed E-state index contributed by atoms with van der Waals surface area (Å²) in [5.74, 6) is -2.35. The second kappa shape index (κ2) is 8.30. The van der Waals surface area contributed by atoms with Crippen molar-refractivity contribution in [3.8, 4) is 0 Å². The molecule has 0 saturated carbocycles. The first-order valence-corrected chi connectivity index (χ1v) is 8.49. The van der Waals surface area contributed by atoms with Gasteiger partial charge in [-0.3, -0.25) is 14.2 Å². The number of rotatable bonds is 7. The van der Waals surface area contributed by atoms with Crippen molar-refractivity contribution < 1.29 is 23.9 Å². The Bertz CT molecular complexity index is 1070. The Balaban J connectivity index is 1.78. The first kappa shape index (κ1) is 19.0. The van der Waals surface area contributed by atoms with Gasteiger partial charge in [-0.1, -0.05) is 36.4 Å². The van der Waals surface area contributed by atoms with Gasteiger partial charge >= 0.3 is 5.97 Å². The fraction of sp³-hybridized carbons (Fsp3) is 0.0952. The maximum absolute atomic E-state index is 13.6. The van der Waals surface area contributed by atoms with Gasteiger partial charge in [0.15, 0.2) is 0 Å². The number of carbonyl (C=O) groups excluding carboxylic acids is 2. The molecule has 1 amide bonds. The van der Waals surface area contributed by atoms with Gasteiger partial charge in [-0.25, -0.2) is 9.18 Å². The van der Waals surface area contributed by atoms with Crippen LogP contribution >= 0.6 is 0 Å². The molecule has 0 spiro atoms. The molecule has 0 fully saturated rings. The molecule has 1 atom stereocenters. The van der Waals surface area contributed by atoms with Gasteiger partial charge in [0.2, 0.25) is 12.3 Å². The van der Waals surface area contributed by atoms with Crippen LogP contribution in [0.4, 0.5) is 4.39 Å². The summed E-state index contributed by atoms with van der Waals surface area (Å²) in [4.78, 5) is 34.9. The zero-order chi connectivity index (χ0) is 20.1. The van der Waals surface area contributed by atoms with E-state index in [0.717, 1.165) is 11.5 Å². The molecule has 0 bridgehead atoms. The zero-order valence-corrected chi connectivity index (χ0v) is 14.7. The summed E-state index contributed by atoms with van der Waals surface area (Å²) in [6.07, 6.45) is 4.55. The minimum Gasteiger partial charge on any atom is -0.480 e. The minimum absolute atomic E-state index is 0.00400. The van der Waals surface area contributed by atoms with Gasteiger partial charge in [0, 0.05) is 29.6 Å². The molecule has 1 aromatic heterocycles. The summed E-state index contributed by atoms with van der Waals surface area (Å²) in [6, 6.07) is 11.8. The lowest BCUT2D eigenvalue weighted by Gasteiger charge is -2.12. The number of fused-ring (bicyclic) bond motifs is 1. The first-order valence-electron chi connectivity index (χ1n) is 8.49. The largest absolute Gasteiger partial charge is 0.480 e. The van der Waals surface area contributed by atoms with Crippen molar-refractivity contribution in [3.05, 3.63) is 77.7 Å². The van der Waals surface area contributed by atoms with Crippen molar-refractivity contribution in [3.63, 3.8) is 0 Å². The van der Waals surface area contributed by atoms with Crippen LogP contribution in [-0.2, 0) is 20.8 Å². The van der Waals surface area contributed by atoms with E-state index in [1.54, 1.807) is 36.5 Å². The monoisotopic (exact) mass is 380 g/mol. The summed E-state index contributed by atoms with van der Waals surface area (Å²) in [7, 11) is 0. The molecule has 0 aliphatic rings. The standard InChI is InChI=1S/C21H17FN2O4/c22-17-7-3-1-5-14(17)9-10-20(26)23-18(21(27)28)11-15-12-24(13-25)19-8-4-2-6-16(15)19/h1-10,12-13,18H,11H2,(H,23,26)(H,27,28)/b10-9+/t18-/m0/s1. The van der Waals surface area contributed by atoms with Crippen molar-refractivity contribution in [1.82, 2.24) is 9.88 Å². The van der Waals surface area contributed by atoms with Crippen LogP contribution in [0.25, 0.3) is 17.0 Å². The van der Waals surface area contributed by atoms with Crippen molar-refractivity contribution in [2.45, 2.75) is 12.5 Å². The molecule has 0 aliphatic heterocycles. The van der Waals surface area contributed by atoms with E-state index < -0.39 is 23.7 Å². The number of aliphatic carboxylic acids is 1. The van der Waals surface area contributed by atoms with Crippen LogP contribution in [0.2, 0.25) is 0 Å². The molecule has 0 radical (unpaired) electrons. The van der Waals surface area contributed by atoms with Gasteiger partial charge in [0.05, 0.1) is 5.52 Å². The van der Waals surface area contributed by atoms with Crippen LogP contribution in [-0.4, -0.2) is 34.0 Å². The fourth-order valence-electron chi connectivity index (χ4n) is 2.94. The van der Waals surface area contributed by atoms with E-state index in [4.69, 9.17) is 0 Å². The molecule has 28 heavy (non-hydrogen) atoms. The number of nitrogens with zero attached hydrogens (tertiary/aromatic N) is 1. The lowest BCUT2D eigenvalue weighted by molar-refractivity contribution is -0.141. The van der Waals surface area contributed by atoms with Gasteiger partial charge in [0.25, 0.3) is 0 Å². The SMILES string of the molecule is O=Cn1cc(C[C@H](NC(=O)/C=C/c2ccccc2F)C(=O)O)c2ccccc21. The number of carboxylic acids is 1. The van der Waals surface area contributed by atoms with E-state index in [2.05, 4.69) is 5.32 Å². The Morgan fingerprint density at radius 3 is 2.57 bits per heavy atom. The Morgan fingerprint density at radius 2 is 1.86 bits per heavy atom. The molecule has 3 rings (SSSR count). The molecule has 2 aromatic carbocycles. The molecule has 2 N–H and O–H groups in total. The van der Waals surface area contributed by atoms with Crippen LogP contribution < -0.4 is 5.32 Å². The average Bonchev–Trinajstić information content (AvgIpc) is 3.04. The summed E-state index contributed by atoms with van der Waals surface area (Å²) in [5.41, 5.74) is 1.49. The molecule has 3 aromatic rings. The Morgan fingerprint density at radius 1 is 1.14 bits per heavy atom. The molecular weight excluding hydrogens is 363 g/mol. The molecule has 7 heteroatoms. The second-order valence-corrected chi connectivity index (χ2v) is 6.14. The molecular formula is C21H17FN2O4. The topological polar surface area (TPSA) is 88.4 Å². The predicted molar refractivity (Wildman–Crippen MR) is 103 cm³/mol. The smallest absolute Gasteiger partial charge is 0.326 e. The highest BCUT2D eigenvalue weighted by Gasteiger charge is 2.21. The third kappa shape index (κ3) is 4.15. The van der Waals surface area contributed by atoms with Gasteiger partial charge in [-0.2, -0.15) is 0 Å². The van der Waals surface area contributed by atoms with E-state index in [1.807, 2.05) is 0 Å². The van der Waals surface area contributed by atoms with E-state index >= 15 is 0 Å². The number of para-hydroxylation sites is 1. The minimum atomic E-state index is -1.21. The molecule has 0 aliphatic carbocycles. The van der Waals surface area contributed by atoms with Crippen molar-refractivity contribution in [2.24, 2.45) is 0 Å². The molecule has 0 unspecified atom stereocenters. The number of benzene rings is 2. The number of aromatic nitrogens is 1. The normalized spacial score (nSPS) is 12.2. The third-order valence-corrected chi connectivity index (χ3v) is 4.29. The second-order valence-electron chi connectivity index (χ2n) is 6.14. The Hall–Kier alpha value is -3.74. The van der Waals surface area contributed by atoms with Crippen LogP contribution in [0.3, 0.4) is 0 Å². The number of hydrogen-bond acceptors (Lipinski definition) is 3. The summed E-state index contributed by atoms with van der Waals surface area (Å²) in [6.45, 7) is 0. The van der Waals surface area contributed by atoms with Crippen molar-refractivity contribution >= 4 is 35.3 Å². The van der Waals surface area contributed by atoms with Gasteiger partial charge in [-0.15, -0.1) is 0 Å². The highest BCUT2D eigenvalue weighted by Crippen LogP contribution is 2.21. The number of halogens is 1. The van der Waals surface area contributed by atoms with E-state index in [1.165, 1.54) is 28.8 Å². The van der Waals surface area contributed by atoms with Crippen molar-refractivity contribution in [2.75, 3.05) is 0 Å². The molecule has 6 nitrogen and oxygen atoms in total. The van der Waals surface area contributed by atoms with E-state index in [-0.39, 0.29) is 12.0 Å². The number of amides is 1. The lowest BCUT2D eigenvalue weighted by Crippen LogP contribution is -2.41. The van der Waals surface area contributed by atoms with E-state index in [0.29, 0.717) is 17.5 Å². The van der Waals surface area contributed by atoms with E-state index in [9.17, 15) is 23.9 Å². The molecule has 142 valence electrons. The average molecular weight is 380 g/mol. The molecule has 0 saturated heterocycles.